The second-order valence-electron chi connectivity index (χ2n) is 6.73. The van der Waals surface area contributed by atoms with Crippen LogP contribution < -0.4 is 5.73 Å². The minimum atomic E-state index is -2.92. The summed E-state index contributed by atoms with van der Waals surface area (Å²) in [6, 6.07) is 0.0413. The number of fused-ring (bicyclic) bond motifs is 1. The van der Waals surface area contributed by atoms with Crippen LogP contribution in [0.4, 0.5) is 17.6 Å². The lowest BCUT2D eigenvalue weighted by Crippen LogP contribution is -2.53. The Labute approximate surface area is 150 Å². The number of amides is 1. The first-order valence-electron chi connectivity index (χ1n) is 8.30. The molecule has 7 nitrogen and oxygen atoms in total. The molecule has 0 unspecified atom stereocenters. The van der Waals surface area contributed by atoms with E-state index < -0.39 is 42.7 Å². The van der Waals surface area contributed by atoms with Crippen molar-refractivity contribution in [2.75, 3.05) is 0 Å². The van der Waals surface area contributed by atoms with Gasteiger partial charge >= 0.3 is 6.43 Å². The van der Waals surface area contributed by atoms with Gasteiger partial charge in [-0.1, -0.05) is 0 Å². The summed E-state index contributed by atoms with van der Waals surface area (Å²) >= 11 is 0. The normalized spacial score (nSPS) is 24.5. The summed E-state index contributed by atoms with van der Waals surface area (Å²) in [6.45, 7) is 0.0645. The highest BCUT2D eigenvalue weighted by Gasteiger charge is 2.46. The first-order chi connectivity index (χ1) is 12.7. The Balaban J connectivity index is 1.61. The van der Waals surface area contributed by atoms with Crippen molar-refractivity contribution < 1.29 is 26.8 Å². The van der Waals surface area contributed by atoms with E-state index in [9.17, 15) is 22.4 Å². The number of nitrogens with zero attached hydrogens (tertiary/aromatic N) is 4. The molecule has 1 amide bonds. The molecule has 11 heteroatoms. The van der Waals surface area contributed by atoms with Crippen molar-refractivity contribution in [2.45, 2.75) is 50.2 Å². The fraction of sp³-hybridized carbons (Fsp3) is 0.500. The van der Waals surface area contributed by atoms with Crippen LogP contribution in [0.15, 0.2) is 16.7 Å². The molecule has 27 heavy (non-hydrogen) atoms. The largest absolute Gasteiger partial charge is 0.415 e. The number of halogens is 4. The van der Waals surface area contributed by atoms with Crippen molar-refractivity contribution in [3.63, 3.8) is 0 Å². The van der Waals surface area contributed by atoms with E-state index in [1.54, 1.807) is 0 Å². The van der Waals surface area contributed by atoms with Crippen LogP contribution in [0, 0.1) is 0 Å². The quantitative estimate of drug-likeness (QED) is 0.816. The molecule has 4 rings (SSSR count). The predicted octanol–water partition coefficient (Wildman–Crippen LogP) is 2.54. The van der Waals surface area contributed by atoms with Crippen molar-refractivity contribution >= 4 is 5.91 Å². The third kappa shape index (κ3) is 3.15. The van der Waals surface area contributed by atoms with Gasteiger partial charge in [-0.3, -0.25) is 9.78 Å². The van der Waals surface area contributed by atoms with Crippen LogP contribution in [0.2, 0.25) is 0 Å². The number of aromatic nitrogens is 3. The minimum absolute atomic E-state index is 0.0645. The number of nitrogens with two attached hydrogens (primary N) is 1. The number of hydrogen-bond acceptors (Lipinski definition) is 6. The van der Waals surface area contributed by atoms with Crippen LogP contribution >= 0.6 is 0 Å². The van der Waals surface area contributed by atoms with Crippen LogP contribution in [0.5, 0.6) is 0 Å². The van der Waals surface area contributed by atoms with Gasteiger partial charge in [0.05, 0.1) is 29.4 Å². The topological polar surface area (TPSA) is 98.1 Å². The minimum Gasteiger partial charge on any atom is -0.415 e. The van der Waals surface area contributed by atoms with Gasteiger partial charge in [-0.15, -0.1) is 10.2 Å². The molecular weight excluding hydrogens is 370 g/mol. The van der Waals surface area contributed by atoms with Gasteiger partial charge in [0.1, 0.15) is 0 Å². The zero-order valence-electron chi connectivity index (χ0n) is 13.9. The molecule has 1 saturated carbocycles. The molecule has 1 aliphatic heterocycles. The van der Waals surface area contributed by atoms with Gasteiger partial charge in [0.2, 0.25) is 11.8 Å². The molecule has 0 aromatic carbocycles. The maximum absolute atomic E-state index is 13.8. The summed E-state index contributed by atoms with van der Waals surface area (Å²) in [5, 5.41) is 6.75. The van der Waals surface area contributed by atoms with Crippen LogP contribution in [-0.4, -0.2) is 44.0 Å². The average molecular weight is 385 g/mol. The van der Waals surface area contributed by atoms with E-state index in [1.807, 2.05) is 0 Å². The highest BCUT2D eigenvalue weighted by atomic mass is 19.3. The van der Waals surface area contributed by atoms with Crippen molar-refractivity contribution in [1.29, 1.82) is 0 Å². The number of alkyl halides is 4. The average Bonchev–Trinajstić information content (AvgIpc) is 3.23. The van der Waals surface area contributed by atoms with Gasteiger partial charge in [0, 0.05) is 25.1 Å². The molecule has 2 aromatic heterocycles. The van der Waals surface area contributed by atoms with E-state index in [2.05, 4.69) is 15.2 Å². The second-order valence-corrected chi connectivity index (χ2v) is 6.73. The molecule has 2 aromatic rings. The first kappa shape index (κ1) is 17.8. The van der Waals surface area contributed by atoms with Crippen molar-refractivity contribution in [1.82, 2.24) is 20.1 Å². The van der Waals surface area contributed by atoms with Crippen molar-refractivity contribution in [2.24, 2.45) is 5.73 Å². The lowest BCUT2D eigenvalue weighted by atomic mass is 9.87. The summed E-state index contributed by atoms with van der Waals surface area (Å²) in [7, 11) is 0. The summed E-state index contributed by atoms with van der Waals surface area (Å²) in [6.07, 6.45) is -2.28. The van der Waals surface area contributed by atoms with Crippen molar-refractivity contribution in [3.8, 4) is 11.5 Å². The maximum atomic E-state index is 13.8. The molecule has 1 fully saturated rings. The Morgan fingerprint density at radius 3 is 2.81 bits per heavy atom. The van der Waals surface area contributed by atoms with E-state index in [1.165, 1.54) is 17.2 Å². The van der Waals surface area contributed by atoms with Crippen LogP contribution in [-0.2, 0) is 6.54 Å². The van der Waals surface area contributed by atoms with Gasteiger partial charge in [-0.05, 0) is 12.5 Å². The van der Waals surface area contributed by atoms with Crippen LogP contribution in [0.1, 0.15) is 47.6 Å². The molecule has 1 aliphatic carbocycles. The van der Waals surface area contributed by atoms with E-state index in [0.29, 0.717) is 5.69 Å². The fourth-order valence-electron chi connectivity index (χ4n) is 3.49. The van der Waals surface area contributed by atoms with Crippen LogP contribution in [0.3, 0.4) is 0 Å². The number of hydrogen-bond donors (Lipinski definition) is 1. The molecule has 0 saturated heterocycles. The van der Waals surface area contributed by atoms with Crippen molar-refractivity contribution in [3.05, 3.63) is 29.4 Å². The Morgan fingerprint density at radius 1 is 1.33 bits per heavy atom. The lowest BCUT2D eigenvalue weighted by molar-refractivity contribution is -0.0646. The number of carbonyl (C=O) groups excluding carboxylic acids is 1. The number of rotatable bonds is 3. The van der Waals surface area contributed by atoms with Gasteiger partial charge in [-0.2, -0.15) is 8.78 Å². The van der Waals surface area contributed by atoms with Gasteiger partial charge < -0.3 is 15.1 Å². The SMILES string of the molecule is N[C@@H]1CCC(F)(F)C[C@H]1N1Cc2ncc(-c3nnc(C(F)F)o3)cc2C1=O. The number of carbonyl (C=O) groups is 1. The van der Waals surface area contributed by atoms with E-state index in [-0.39, 0.29) is 36.4 Å². The summed E-state index contributed by atoms with van der Waals surface area (Å²) in [5.41, 5.74) is 6.76. The van der Waals surface area contributed by atoms with Gasteiger partial charge in [0.15, 0.2) is 0 Å². The summed E-state index contributed by atoms with van der Waals surface area (Å²) < 4.78 is 57.6. The monoisotopic (exact) mass is 385 g/mol. The Kier molecular flexibility index (Phi) is 4.13. The Bertz CT molecular complexity index is 887. The fourth-order valence-corrected chi connectivity index (χ4v) is 3.49. The van der Waals surface area contributed by atoms with E-state index >= 15 is 0 Å². The highest BCUT2D eigenvalue weighted by molar-refractivity contribution is 5.99. The molecule has 2 atom stereocenters. The predicted molar refractivity (Wildman–Crippen MR) is 82.9 cm³/mol. The molecule has 0 radical (unpaired) electrons. The molecular formula is C16H15F4N5O2. The maximum Gasteiger partial charge on any atom is 0.314 e. The molecule has 0 spiro atoms. The molecule has 2 N–H and O–H groups in total. The first-order valence-corrected chi connectivity index (χ1v) is 8.30. The van der Waals surface area contributed by atoms with E-state index in [4.69, 9.17) is 10.2 Å². The molecule has 3 heterocycles. The highest BCUT2D eigenvalue weighted by Crippen LogP contribution is 2.38. The van der Waals surface area contributed by atoms with Crippen LogP contribution in [0.25, 0.3) is 11.5 Å². The lowest BCUT2D eigenvalue weighted by Gasteiger charge is -2.39. The third-order valence-electron chi connectivity index (χ3n) is 4.90. The summed E-state index contributed by atoms with van der Waals surface area (Å²) in [4.78, 5) is 18.2. The Hall–Kier alpha value is -2.56. The zero-order valence-corrected chi connectivity index (χ0v) is 13.9. The number of pyridine rings is 1. The third-order valence-corrected chi connectivity index (χ3v) is 4.90. The molecule has 2 aliphatic rings. The standard InChI is InChI=1S/C16H15F4N5O2/c17-12(18)14-24-23-13(27-14)7-3-8-10(22-5-7)6-25(15(8)26)11-4-16(19,20)2-1-9(11)21/h3,5,9,11-12H,1-2,4,6,21H2/t9-,11-/m1/s1. The molecule has 0 bridgehead atoms. The van der Waals surface area contributed by atoms with Gasteiger partial charge in [-0.25, -0.2) is 8.78 Å². The van der Waals surface area contributed by atoms with E-state index in [0.717, 1.165) is 0 Å². The van der Waals surface area contributed by atoms with Gasteiger partial charge in [0.25, 0.3) is 11.8 Å². The Morgan fingerprint density at radius 2 is 2.11 bits per heavy atom. The zero-order chi connectivity index (χ0) is 19.3. The molecule has 144 valence electrons. The smallest absolute Gasteiger partial charge is 0.314 e. The summed E-state index contributed by atoms with van der Waals surface area (Å²) in [5.74, 6) is -4.39. The second kappa shape index (κ2) is 6.25.